The molecular weight excluding hydrogens is 437 g/mol. The molecule has 0 rings (SSSR count). The first kappa shape index (κ1) is 23.6. The van der Waals surface area contributed by atoms with E-state index in [0.717, 1.165) is 0 Å². The summed E-state index contributed by atoms with van der Waals surface area (Å²) in [5.41, 5.74) is 0. The average Bonchev–Trinajstić information content (AvgIpc) is 2.36. The molecule has 0 aliphatic carbocycles. The van der Waals surface area contributed by atoms with Crippen LogP contribution in [0.5, 0.6) is 0 Å². The highest BCUT2D eigenvalue weighted by molar-refractivity contribution is 8.21. The Morgan fingerprint density at radius 2 is 0.667 bits per heavy atom. The van der Waals surface area contributed by atoms with Crippen molar-refractivity contribution in [3.63, 3.8) is 0 Å². The standard InChI is InChI=1S/C7ClF15S/c8-24-7(22,23)5(17,18)3(13,14)1(9,10)2(11,12)4(15,16)6(19,20)21. The van der Waals surface area contributed by atoms with Crippen molar-refractivity contribution in [2.24, 2.45) is 0 Å². The molecule has 0 nitrogen and oxygen atoms in total. The summed E-state index contributed by atoms with van der Waals surface area (Å²) in [5, 5.41) is -6.44. The van der Waals surface area contributed by atoms with Crippen LogP contribution in [0, 0.1) is 0 Å². The van der Waals surface area contributed by atoms with Gasteiger partial charge in [0, 0.05) is 11.0 Å². The number of halogens is 16. The second-order valence-electron chi connectivity index (χ2n) is 3.96. The molecule has 24 heavy (non-hydrogen) atoms. The molecule has 0 bridgehead atoms. The molecule has 0 N–H and O–H groups in total. The lowest BCUT2D eigenvalue weighted by atomic mass is 9.94. The van der Waals surface area contributed by atoms with Crippen LogP contribution in [-0.2, 0) is 0 Å². The highest BCUT2D eigenvalue weighted by atomic mass is 35.7. The first-order valence-corrected chi connectivity index (χ1v) is 6.34. The second-order valence-corrected chi connectivity index (χ2v) is 5.09. The SMILES string of the molecule is FC(F)(F)C(F)(F)C(F)(F)C(F)(F)C(F)(F)C(F)(F)C(F)(F)SCl. The van der Waals surface area contributed by atoms with Crippen LogP contribution in [0.15, 0.2) is 0 Å². The first-order chi connectivity index (χ1) is 10.1. The third-order valence-electron chi connectivity index (χ3n) is 2.40. The van der Waals surface area contributed by atoms with Gasteiger partial charge in [-0.25, -0.2) is 0 Å². The lowest BCUT2D eigenvalue weighted by Crippen LogP contribution is -2.72. The van der Waals surface area contributed by atoms with Gasteiger partial charge in [-0.15, -0.1) is 0 Å². The molecule has 0 amide bonds. The van der Waals surface area contributed by atoms with Gasteiger partial charge in [0.15, 0.2) is 0 Å². The van der Waals surface area contributed by atoms with Gasteiger partial charge in [-0.3, -0.25) is 0 Å². The predicted octanol–water partition coefficient (Wildman–Crippen LogP) is 6.21. The quantitative estimate of drug-likeness (QED) is 0.447. The van der Waals surface area contributed by atoms with E-state index in [-0.39, 0.29) is 0 Å². The number of hydrogen-bond donors (Lipinski definition) is 0. The minimum atomic E-state index is -8.27. The fraction of sp³-hybridized carbons (Fsp3) is 1.00. The van der Waals surface area contributed by atoms with Gasteiger partial charge in [-0.1, -0.05) is 0 Å². The molecular formula is C7ClF15S. The molecule has 146 valence electrons. The number of rotatable bonds is 6. The van der Waals surface area contributed by atoms with Crippen molar-refractivity contribution in [1.82, 2.24) is 0 Å². The summed E-state index contributed by atoms with van der Waals surface area (Å²) in [7, 11) is 1.93. The lowest BCUT2D eigenvalue weighted by molar-refractivity contribution is -0.447. The lowest BCUT2D eigenvalue weighted by Gasteiger charge is -2.40. The van der Waals surface area contributed by atoms with E-state index in [1.54, 1.807) is 0 Å². The van der Waals surface area contributed by atoms with Gasteiger partial charge in [-0.05, 0) is 10.7 Å². The molecule has 0 spiro atoms. The summed E-state index contributed by atoms with van der Waals surface area (Å²) in [4.78, 5) is 0. The minimum absolute atomic E-state index is 2.08. The van der Waals surface area contributed by atoms with E-state index in [9.17, 15) is 65.9 Å². The highest BCUT2D eigenvalue weighted by Gasteiger charge is 2.93. The van der Waals surface area contributed by atoms with Gasteiger partial charge in [-0.2, -0.15) is 65.9 Å². The molecule has 17 heteroatoms. The van der Waals surface area contributed by atoms with Crippen LogP contribution in [0.3, 0.4) is 0 Å². The summed E-state index contributed by atoms with van der Waals surface area (Å²) < 4.78 is 187. The predicted molar refractivity (Wildman–Crippen MR) is 49.2 cm³/mol. The van der Waals surface area contributed by atoms with Gasteiger partial charge in [0.2, 0.25) is 0 Å². The molecule has 0 aromatic carbocycles. The molecule has 0 radical (unpaired) electrons. The van der Waals surface area contributed by atoms with Crippen molar-refractivity contribution in [3.05, 3.63) is 0 Å². The van der Waals surface area contributed by atoms with Crippen LogP contribution in [-0.4, -0.2) is 41.0 Å². The Morgan fingerprint density at radius 1 is 0.417 bits per heavy atom. The van der Waals surface area contributed by atoms with E-state index in [0.29, 0.717) is 0 Å². The summed E-state index contributed by atoms with van der Waals surface area (Å²) in [6, 6.07) is 0. The van der Waals surface area contributed by atoms with Crippen LogP contribution in [0.4, 0.5) is 65.9 Å². The molecule has 0 saturated carbocycles. The Labute approximate surface area is 129 Å². The Kier molecular flexibility index (Phi) is 5.71. The zero-order valence-corrected chi connectivity index (χ0v) is 11.5. The molecule has 0 aliphatic rings. The first-order valence-electron chi connectivity index (χ1n) is 4.69. The Bertz CT molecular complexity index is 465. The van der Waals surface area contributed by atoms with Gasteiger partial charge in [0.1, 0.15) is 0 Å². The smallest absolute Gasteiger partial charge is 0.192 e. The molecule has 0 saturated heterocycles. The minimum Gasteiger partial charge on any atom is -0.192 e. The van der Waals surface area contributed by atoms with E-state index >= 15 is 0 Å². The summed E-state index contributed by atoms with van der Waals surface area (Å²) >= 11 is 0. The van der Waals surface area contributed by atoms with Crippen LogP contribution in [0.1, 0.15) is 0 Å². The summed E-state index contributed by atoms with van der Waals surface area (Å²) in [5.74, 6) is -40.1. The van der Waals surface area contributed by atoms with Crippen molar-refractivity contribution in [2.75, 3.05) is 0 Å². The average molecular weight is 437 g/mol. The van der Waals surface area contributed by atoms with Crippen LogP contribution in [0.25, 0.3) is 0 Å². The fourth-order valence-electron chi connectivity index (χ4n) is 1.00. The van der Waals surface area contributed by atoms with E-state index < -0.39 is 52.0 Å². The fourth-order valence-corrected chi connectivity index (χ4v) is 1.52. The second kappa shape index (κ2) is 5.81. The topological polar surface area (TPSA) is 0 Å². The molecule has 0 aromatic rings. The normalized spacial score (nSPS) is 16.5. The van der Waals surface area contributed by atoms with Crippen molar-refractivity contribution >= 4 is 21.7 Å². The maximum absolute atomic E-state index is 12.8. The number of hydrogen-bond acceptors (Lipinski definition) is 1. The van der Waals surface area contributed by atoms with Gasteiger partial charge >= 0.3 is 41.0 Å². The van der Waals surface area contributed by atoms with E-state index in [4.69, 9.17) is 0 Å². The Balaban J connectivity index is 6.42. The molecule has 0 aromatic heterocycles. The summed E-state index contributed by atoms with van der Waals surface area (Å²) in [6.07, 6.45) is -7.60. The monoisotopic (exact) mass is 436 g/mol. The highest BCUT2D eigenvalue weighted by Crippen LogP contribution is 2.63. The molecule has 0 atom stereocenters. The van der Waals surface area contributed by atoms with E-state index in [2.05, 4.69) is 10.7 Å². The van der Waals surface area contributed by atoms with Crippen LogP contribution < -0.4 is 0 Å². The van der Waals surface area contributed by atoms with Crippen molar-refractivity contribution in [2.45, 2.75) is 41.0 Å². The van der Waals surface area contributed by atoms with Gasteiger partial charge in [0.25, 0.3) is 0 Å². The van der Waals surface area contributed by atoms with Crippen LogP contribution >= 0.6 is 21.7 Å². The zero-order chi connectivity index (χ0) is 20.2. The van der Waals surface area contributed by atoms with Crippen molar-refractivity contribution in [1.29, 1.82) is 0 Å². The molecule has 0 unspecified atom stereocenters. The van der Waals surface area contributed by atoms with Gasteiger partial charge in [0.05, 0.1) is 0 Å². The van der Waals surface area contributed by atoms with E-state index in [1.165, 1.54) is 0 Å². The Morgan fingerprint density at radius 3 is 0.917 bits per heavy atom. The third-order valence-corrected chi connectivity index (χ3v) is 3.43. The zero-order valence-electron chi connectivity index (χ0n) is 9.96. The van der Waals surface area contributed by atoms with E-state index in [1.807, 2.05) is 0 Å². The Hall–Kier alpha value is -0.410. The molecule has 0 aliphatic heterocycles. The maximum Gasteiger partial charge on any atom is 0.460 e. The van der Waals surface area contributed by atoms with Crippen molar-refractivity contribution in [3.8, 4) is 0 Å². The summed E-state index contributed by atoms with van der Waals surface area (Å²) in [6.45, 7) is 0. The molecule has 0 heterocycles. The number of alkyl halides is 15. The van der Waals surface area contributed by atoms with Crippen molar-refractivity contribution < 1.29 is 65.9 Å². The maximum atomic E-state index is 12.8. The largest absolute Gasteiger partial charge is 0.460 e. The van der Waals surface area contributed by atoms with Gasteiger partial charge < -0.3 is 0 Å². The molecule has 0 fully saturated rings. The third kappa shape index (κ3) is 2.86. The van der Waals surface area contributed by atoms with Crippen LogP contribution in [0.2, 0.25) is 0 Å².